The van der Waals surface area contributed by atoms with Crippen molar-refractivity contribution in [3.63, 3.8) is 0 Å². The van der Waals surface area contributed by atoms with Crippen LogP contribution in [0.4, 0.5) is 4.39 Å². The van der Waals surface area contributed by atoms with Crippen LogP contribution in [0, 0.1) is 11.7 Å². The summed E-state index contributed by atoms with van der Waals surface area (Å²) in [5, 5.41) is 0. The van der Waals surface area contributed by atoms with Gasteiger partial charge in [0.1, 0.15) is 11.6 Å². The van der Waals surface area contributed by atoms with Crippen molar-refractivity contribution < 1.29 is 9.13 Å². The minimum Gasteiger partial charge on any atom is -0.493 e. The second-order valence-electron chi connectivity index (χ2n) is 4.60. The van der Waals surface area contributed by atoms with Crippen LogP contribution in [0.1, 0.15) is 38.5 Å². The largest absolute Gasteiger partial charge is 0.493 e. The summed E-state index contributed by atoms with van der Waals surface area (Å²) in [5.74, 6) is 1.24. The summed E-state index contributed by atoms with van der Waals surface area (Å²) in [7, 11) is 0. The van der Waals surface area contributed by atoms with Gasteiger partial charge in [-0.3, -0.25) is 0 Å². The molecule has 1 aromatic carbocycles. The van der Waals surface area contributed by atoms with Gasteiger partial charge >= 0.3 is 0 Å². The van der Waals surface area contributed by atoms with Gasteiger partial charge < -0.3 is 4.74 Å². The van der Waals surface area contributed by atoms with Crippen molar-refractivity contribution in [3.8, 4) is 5.75 Å². The summed E-state index contributed by atoms with van der Waals surface area (Å²) in [5.41, 5.74) is 0. The zero-order valence-electron chi connectivity index (χ0n) is 9.62. The summed E-state index contributed by atoms with van der Waals surface area (Å²) < 4.78 is 18.4. The van der Waals surface area contributed by atoms with Crippen LogP contribution >= 0.6 is 0 Å². The van der Waals surface area contributed by atoms with Crippen LogP contribution in [-0.4, -0.2) is 6.61 Å². The standard InChI is InChI=1S/C14H19FO/c15-13-7-4-8-14(11-13)16-10-9-12-5-2-1-3-6-12/h4,7-8,11-12H,1-3,5-6,9-10H2. The second-order valence-corrected chi connectivity index (χ2v) is 4.60. The molecule has 0 heterocycles. The van der Waals surface area contributed by atoms with Gasteiger partial charge in [-0.2, -0.15) is 0 Å². The monoisotopic (exact) mass is 222 g/mol. The molecule has 1 fully saturated rings. The van der Waals surface area contributed by atoms with Gasteiger partial charge in [-0.05, 0) is 24.5 Å². The smallest absolute Gasteiger partial charge is 0.126 e. The number of ether oxygens (including phenoxy) is 1. The zero-order chi connectivity index (χ0) is 11.2. The first-order valence-corrected chi connectivity index (χ1v) is 6.23. The molecule has 1 saturated carbocycles. The molecule has 0 spiro atoms. The maximum absolute atomic E-state index is 12.9. The molecule has 2 rings (SSSR count). The molecule has 0 saturated heterocycles. The topological polar surface area (TPSA) is 9.23 Å². The highest BCUT2D eigenvalue weighted by atomic mass is 19.1. The van der Waals surface area contributed by atoms with Crippen LogP contribution in [0.3, 0.4) is 0 Å². The van der Waals surface area contributed by atoms with E-state index < -0.39 is 0 Å². The molecule has 0 amide bonds. The van der Waals surface area contributed by atoms with Gasteiger partial charge in [0.05, 0.1) is 6.61 Å². The molecule has 1 nitrogen and oxygen atoms in total. The summed E-state index contributed by atoms with van der Waals surface area (Å²) in [6.45, 7) is 0.716. The van der Waals surface area contributed by atoms with Crippen molar-refractivity contribution in [2.45, 2.75) is 38.5 Å². The van der Waals surface area contributed by atoms with Crippen LogP contribution in [0.25, 0.3) is 0 Å². The van der Waals surface area contributed by atoms with Crippen LogP contribution in [-0.2, 0) is 0 Å². The summed E-state index contributed by atoms with van der Waals surface area (Å²) in [6.07, 6.45) is 7.91. The Bertz CT molecular complexity index is 318. The van der Waals surface area contributed by atoms with Gasteiger partial charge in [-0.15, -0.1) is 0 Å². The molecule has 0 atom stereocenters. The van der Waals surface area contributed by atoms with Crippen molar-refractivity contribution in [3.05, 3.63) is 30.1 Å². The van der Waals surface area contributed by atoms with E-state index in [2.05, 4.69) is 0 Å². The zero-order valence-corrected chi connectivity index (χ0v) is 9.62. The lowest BCUT2D eigenvalue weighted by molar-refractivity contribution is 0.245. The molecule has 16 heavy (non-hydrogen) atoms. The fourth-order valence-electron chi connectivity index (χ4n) is 2.38. The van der Waals surface area contributed by atoms with E-state index >= 15 is 0 Å². The maximum Gasteiger partial charge on any atom is 0.126 e. The van der Waals surface area contributed by atoms with Crippen LogP contribution < -0.4 is 4.74 Å². The molecule has 2 heteroatoms. The predicted octanol–water partition coefficient (Wildman–Crippen LogP) is 4.17. The van der Waals surface area contributed by atoms with Crippen molar-refractivity contribution in [1.29, 1.82) is 0 Å². The fraction of sp³-hybridized carbons (Fsp3) is 0.571. The van der Waals surface area contributed by atoms with Crippen molar-refractivity contribution in [2.24, 2.45) is 5.92 Å². The number of hydrogen-bond donors (Lipinski definition) is 0. The van der Waals surface area contributed by atoms with Gasteiger partial charge in [-0.25, -0.2) is 4.39 Å². The molecule has 1 aliphatic carbocycles. The van der Waals surface area contributed by atoms with Crippen LogP contribution in [0.5, 0.6) is 5.75 Å². The molecule has 0 unspecified atom stereocenters. The van der Waals surface area contributed by atoms with Gasteiger partial charge in [0.25, 0.3) is 0 Å². The molecule has 1 aromatic rings. The fourth-order valence-corrected chi connectivity index (χ4v) is 2.38. The van der Waals surface area contributed by atoms with Gasteiger partial charge in [0.2, 0.25) is 0 Å². The quantitative estimate of drug-likeness (QED) is 0.742. The Morgan fingerprint density at radius 3 is 2.75 bits per heavy atom. The Labute approximate surface area is 96.6 Å². The predicted molar refractivity (Wildman–Crippen MR) is 63.1 cm³/mol. The van der Waals surface area contributed by atoms with E-state index in [4.69, 9.17) is 4.74 Å². The summed E-state index contributed by atoms with van der Waals surface area (Å²) in [4.78, 5) is 0. The molecule has 88 valence electrons. The van der Waals surface area contributed by atoms with Crippen molar-refractivity contribution in [1.82, 2.24) is 0 Å². The van der Waals surface area contributed by atoms with Gasteiger partial charge in [-0.1, -0.05) is 38.2 Å². The van der Waals surface area contributed by atoms with Crippen LogP contribution in [0.15, 0.2) is 24.3 Å². The van der Waals surface area contributed by atoms with E-state index in [0.29, 0.717) is 12.4 Å². The third-order valence-electron chi connectivity index (χ3n) is 3.32. The lowest BCUT2D eigenvalue weighted by Crippen LogP contribution is -2.10. The van der Waals surface area contributed by atoms with E-state index in [1.165, 1.54) is 44.2 Å². The summed E-state index contributed by atoms with van der Waals surface area (Å²) in [6, 6.07) is 6.38. The molecule has 1 aliphatic rings. The molecular weight excluding hydrogens is 203 g/mol. The SMILES string of the molecule is Fc1cccc(OCCC2CCCCC2)c1. The minimum absolute atomic E-state index is 0.227. The molecular formula is C14H19FO. The minimum atomic E-state index is -0.227. The second kappa shape index (κ2) is 5.88. The lowest BCUT2D eigenvalue weighted by atomic mass is 9.87. The normalized spacial score (nSPS) is 17.3. The van der Waals surface area contributed by atoms with E-state index in [-0.39, 0.29) is 5.82 Å². The first-order chi connectivity index (χ1) is 7.84. The highest BCUT2D eigenvalue weighted by molar-refractivity contribution is 5.22. The highest BCUT2D eigenvalue weighted by Gasteiger charge is 2.12. The Balaban J connectivity index is 1.71. The van der Waals surface area contributed by atoms with Gasteiger partial charge in [0.15, 0.2) is 0 Å². The Morgan fingerprint density at radius 1 is 1.19 bits per heavy atom. The lowest BCUT2D eigenvalue weighted by Gasteiger charge is -2.21. The first kappa shape index (κ1) is 11.4. The molecule has 0 radical (unpaired) electrons. The summed E-state index contributed by atoms with van der Waals surface area (Å²) >= 11 is 0. The first-order valence-electron chi connectivity index (χ1n) is 6.23. The molecule has 0 bridgehead atoms. The van der Waals surface area contributed by atoms with E-state index in [1.54, 1.807) is 6.07 Å². The van der Waals surface area contributed by atoms with Crippen molar-refractivity contribution in [2.75, 3.05) is 6.61 Å². The molecule has 0 aromatic heterocycles. The van der Waals surface area contributed by atoms with E-state index in [0.717, 1.165) is 12.3 Å². The Morgan fingerprint density at radius 2 is 2.00 bits per heavy atom. The molecule has 0 N–H and O–H groups in total. The van der Waals surface area contributed by atoms with Crippen LogP contribution in [0.2, 0.25) is 0 Å². The number of rotatable bonds is 4. The third-order valence-corrected chi connectivity index (χ3v) is 3.32. The molecule has 0 aliphatic heterocycles. The number of halogens is 1. The van der Waals surface area contributed by atoms with Gasteiger partial charge in [0, 0.05) is 6.07 Å². The van der Waals surface area contributed by atoms with E-state index in [9.17, 15) is 4.39 Å². The number of hydrogen-bond acceptors (Lipinski definition) is 1. The Kier molecular flexibility index (Phi) is 4.20. The number of benzene rings is 1. The third kappa shape index (κ3) is 3.51. The van der Waals surface area contributed by atoms with E-state index in [1.807, 2.05) is 6.07 Å². The Hall–Kier alpha value is -1.05. The van der Waals surface area contributed by atoms with Crippen molar-refractivity contribution >= 4 is 0 Å². The average molecular weight is 222 g/mol. The maximum atomic E-state index is 12.9. The average Bonchev–Trinajstić information content (AvgIpc) is 2.30. The highest BCUT2D eigenvalue weighted by Crippen LogP contribution is 2.26.